The van der Waals surface area contributed by atoms with E-state index in [-0.39, 0.29) is 21.3 Å². The lowest BCUT2D eigenvalue weighted by molar-refractivity contribution is -0.137. The number of carbonyl (C=O) groups is 1. The number of hydrogen-bond donors (Lipinski definition) is 1. The molecule has 3 aromatic carbocycles. The van der Waals surface area contributed by atoms with Crippen LogP contribution >= 0.6 is 23.2 Å². The molecule has 11 heteroatoms. The molecule has 1 amide bonds. The number of sulfonamides is 1. The minimum absolute atomic E-state index is 0.0616. The molecule has 180 valence electrons. The van der Waals surface area contributed by atoms with Crippen LogP contribution in [0, 0.1) is 13.8 Å². The first-order chi connectivity index (χ1) is 15.8. The second kappa shape index (κ2) is 9.85. The van der Waals surface area contributed by atoms with Gasteiger partial charge in [-0.15, -0.1) is 0 Å². The Morgan fingerprint density at radius 3 is 2.18 bits per heavy atom. The van der Waals surface area contributed by atoms with Gasteiger partial charge >= 0.3 is 6.18 Å². The Balaban J connectivity index is 1.97. The molecule has 5 nitrogen and oxygen atoms in total. The van der Waals surface area contributed by atoms with Crippen molar-refractivity contribution in [3.8, 4) is 0 Å². The number of nitrogens with zero attached hydrogens (tertiary/aromatic N) is 1. The van der Waals surface area contributed by atoms with Crippen molar-refractivity contribution in [3.05, 3.63) is 87.4 Å². The van der Waals surface area contributed by atoms with Crippen LogP contribution in [0.1, 0.15) is 16.7 Å². The molecule has 3 aromatic rings. The fourth-order valence-electron chi connectivity index (χ4n) is 3.04. The molecule has 1 N–H and O–H groups in total. The molecule has 0 aliphatic carbocycles. The molecule has 0 fully saturated rings. The Morgan fingerprint density at radius 1 is 0.941 bits per heavy atom. The Morgan fingerprint density at radius 2 is 1.59 bits per heavy atom. The van der Waals surface area contributed by atoms with Crippen molar-refractivity contribution in [2.24, 2.45) is 0 Å². The Bertz CT molecular complexity index is 1330. The summed E-state index contributed by atoms with van der Waals surface area (Å²) in [6.45, 7) is 2.82. The highest BCUT2D eigenvalue weighted by atomic mass is 35.5. The fraction of sp³-hybridized carbons (Fsp3) is 0.174. The highest BCUT2D eigenvalue weighted by Gasteiger charge is 2.34. The minimum atomic E-state index is -4.72. The maximum Gasteiger partial charge on any atom is 0.417 e. The van der Waals surface area contributed by atoms with Gasteiger partial charge in [0.05, 0.1) is 21.2 Å². The summed E-state index contributed by atoms with van der Waals surface area (Å²) >= 11 is 11.8. The average molecular weight is 531 g/mol. The van der Waals surface area contributed by atoms with Crippen molar-refractivity contribution >= 4 is 50.5 Å². The van der Waals surface area contributed by atoms with E-state index in [9.17, 15) is 26.4 Å². The van der Waals surface area contributed by atoms with Crippen LogP contribution in [0.15, 0.2) is 65.6 Å². The number of anilines is 2. The average Bonchev–Trinajstić information content (AvgIpc) is 2.75. The monoisotopic (exact) mass is 530 g/mol. The summed E-state index contributed by atoms with van der Waals surface area (Å²) in [7, 11) is -4.21. The van der Waals surface area contributed by atoms with Gasteiger partial charge in [0, 0.05) is 10.7 Å². The first kappa shape index (κ1) is 25.9. The topological polar surface area (TPSA) is 66.5 Å². The first-order valence-corrected chi connectivity index (χ1v) is 12.0. The van der Waals surface area contributed by atoms with Crippen molar-refractivity contribution in [1.29, 1.82) is 0 Å². The van der Waals surface area contributed by atoms with Gasteiger partial charge in [0.2, 0.25) is 5.91 Å². The van der Waals surface area contributed by atoms with Crippen LogP contribution in [0.4, 0.5) is 24.5 Å². The van der Waals surface area contributed by atoms with Crippen LogP contribution in [-0.4, -0.2) is 20.9 Å². The highest BCUT2D eigenvalue weighted by molar-refractivity contribution is 7.92. The highest BCUT2D eigenvalue weighted by Crippen LogP contribution is 2.36. The molecule has 0 bridgehead atoms. The third-order valence-electron chi connectivity index (χ3n) is 4.90. The lowest BCUT2D eigenvalue weighted by Crippen LogP contribution is -2.38. The number of amides is 1. The molecule has 0 aromatic heterocycles. The molecule has 0 radical (unpaired) electrons. The summed E-state index contributed by atoms with van der Waals surface area (Å²) in [4.78, 5) is 12.7. The smallest absolute Gasteiger partial charge is 0.324 e. The summed E-state index contributed by atoms with van der Waals surface area (Å²) in [6.07, 6.45) is -4.72. The number of benzene rings is 3. The molecule has 34 heavy (non-hydrogen) atoms. The zero-order valence-electron chi connectivity index (χ0n) is 18.0. The lowest BCUT2D eigenvalue weighted by Gasteiger charge is -2.25. The quantitative estimate of drug-likeness (QED) is 0.397. The second-order valence-electron chi connectivity index (χ2n) is 7.50. The summed E-state index contributed by atoms with van der Waals surface area (Å²) in [5.74, 6) is -0.858. The number of halogens is 5. The molecular weight excluding hydrogens is 512 g/mol. The Labute approximate surface area is 205 Å². The van der Waals surface area contributed by atoms with Gasteiger partial charge in [0.25, 0.3) is 10.0 Å². The van der Waals surface area contributed by atoms with Crippen LogP contribution in [-0.2, 0) is 21.0 Å². The summed E-state index contributed by atoms with van der Waals surface area (Å²) in [5, 5.41) is 2.07. The van der Waals surface area contributed by atoms with Crippen molar-refractivity contribution in [1.82, 2.24) is 0 Å². The third kappa shape index (κ3) is 5.84. The van der Waals surface area contributed by atoms with E-state index in [1.54, 1.807) is 32.0 Å². The Kier molecular flexibility index (Phi) is 7.50. The standard InChI is InChI=1S/C23H19Cl2F3N2O3S/c1-14-3-8-18(9-4-14)34(32,33)30(17-7-5-15(2)21(25)12-17)13-22(31)29-16-6-10-20(24)19(11-16)23(26,27)28/h3-12H,13H2,1-2H3,(H,29,31). The predicted molar refractivity (Wildman–Crippen MR) is 127 cm³/mol. The van der Waals surface area contributed by atoms with Gasteiger partial charge in [-0.05, 0) is 61.9 Å². The third-order valence-corrected chi connectivity index (χ3v) is 7.42. The molecule has 0 saturated carbocycles. The fourth-order valence-corrected chi connectivity index (χ4v) is 4.85. The van der Waals surface area contributed by atoms with E-state index in [1.165, 1.54) is 30.3 Å². The number of alkyl halides is 3. The number of rotatable bonds is 6. The van der Waals surface area contributed by atoms with E-state index in [2.05, 4.69) is 5.32 Å². The van der Waals surface area contributed by atoms with Crippen LogP contribution in [0.25, 0.3) is 0 Å². The van der Waals surface area contributed by atoms with Gasteiger partial charge in [-0.1, -0.05) is 47.0 Å². The van der Waals surface area contributed by atoms with Crippen molar-refractivity contribution in [3.63, 3.8) is 0 Å². The SMILES string of the molecule is Cc1ccc(S(=O)(=O)N(CC(=O)Nc2ccc(Cl)c(C(F)(F)F)c2)c2ccc(C)c(Cl)c2)cc1. The van der Waals surface area contributed by atoms with Crippen LogP contribution < -0.4 is 9.62 Å². The van der Waals surface area contributed by atoms with Crippen LogP contribution in [0.5, 0.6) is 0 Å². The van der Waals surface area contributed by atoms with E-state index in [0.717, 1.165) is 15.9 Å². The molecular formula is C23H19Cl2F3N2O3S. The number of hydrogen-bond acceptors (Lipinski definition) is 3. The number of aryl methyl sites for hydroxylation is 2. The predicted octanol–water partition coefficient (Wildman–Crippen LogP) is 6.46. The lowest BCUT2D eigenvalue weighted by atomic mass is 10.2. The van der Waals surface area contributed by atoms with Crippen molar-refractivity contribution in [2.45, 2.75) is 24.9 Å². The maximum absolute atomic E-state index is 13.4. The number of nitrogens with one attached hydrogen (secondary N) is 1. The second-order valence-corrected chi connectivity index (χ2v) is 10.2. The molecule has 0 spiro atoms. The summed E-state index contributed by atoms with van der Waals surface area (Å²) in [6, 6.07) is 13.4. The molecule has 0 aliphatic rings. The maximum atomic E-state index is 13.4. The zero-order valence-corrected chi connectivity index (χ0v) is 20.3. The van der Waals surface area contributed by atoms with Gasteiger partial charge in [-0.3, -0.25) is 9.10 Å². The normalized spacial score (nSPS) is 11.9. The molecule has 0 heterocycles. The van der Waals surface area contributed by atoms with Gasteiger partial charge in [-0.25, -0.2) is 8.42 Å². The zero-order chi connectivity index (χ0) is 25.3. The molecule has 0 aliphatic heterocycles. The van der Waals surface area contributed by atoms with E-state index in [1.807, 2.05) is 0 Å². The van der Waals surface area contributed by atoms with Crippen LogP contribution in [0.3, 0.4) is 0 Å². The van der Waals surface area contributed by atoms with Crippen LogP contribution in [0.2, 0.25) is 10.0 Å². The Hall–Kier alpha value is -2.75. The molecule has 0 saturated heterocycles. The van der Waals surface area contributed by atoms with Gasteiger partial charge in [0.15, 0.2) is 0 Å². The number of carbonyl (C=O) groups excluding carboxylic acids is 1. The van der Waals surface area contributed by atoms with Gasteiger partial charge < -0.3 is 5.32 Å². The van der Waals surface area contributed by atoms with E-state index < -0.39 is 39.2 Å². The summed E-state index contributed by atoms with van der Waals surface area (Å²) < 4.78 is 67.1. The molecule has 3 rings (SSSR count). The van der Waals surface area contributed by atoms with Gasteiger partial charge in [-0.2, -0.15) is 13.2 Å². The summed E-state index contributed by atoms with van der Waals surface area (Å²) in [5.41, 5.74) is 0.351. The minimum Gasteiger partial charge on any atom is -0.324 e. The molecule has 0 atom stereocenters. The van der Waals surface area contributed by atoms with E-state index in [4.69, 9.17) is 23.2 Å². The van der Waals surface area contributed by atoms with Crippen molar-refractivity contribution in [2.75, 3.05) is 16.2 Å². The van der Waals surface area contributed by atoms with Gasteiger partial charge in [0.1, 0.15) is 6.54 Å². The molecule has 0 unspecified atom stereocenters. The van der Waals surface area contributed by atoms with E-state index >= 15 is 0 Å². The largest absolute Gasteiger partial charge is 0.417 e. The first-order valence-electron chi connectivity index (χ1n) is 9.81. The van der Waals surface area contributed by atoms with Crippen molar-refractivity contribution < 1.29 is 26.4 Å². The van der Waals surface area contributed by atoms with E-state index in [0.29, 0.717) is 11.6 Å².